The molecule has 33 heavy (non-hydrogen) atoms. The van der Waals surface area contributed by atoms with Gasteiger partial charge in [-0.15, -0.1) is 11.3 Å². The predicted octanol–water partition coefficient (Wildman–Crippen LogP) is 5.10. The number of ether oxygens (including phenoxy) is 2. The summed E-state index contributed by atoms with van der Waals surface area (Å²) < 4.78 is 10.4. The van der Waals surface area contributed by atoms with Gasteiger partial charge in [-0.05, 0) is 60.4 Å². The first-order valence-electron chi connectivity index (χ1n) is 10.6. The molecule has 6 nitrogen and oxygen atoms in total. The summed E-state index contributed by atoms with van der Waals surface area (Å²) in [4.78, 5) is 33.5. The lowest BCUT2D eigenvalue weighted by Gasteiger charge is -2.24. The molecule has 2 aromatic carbocycles. The van der Waals surface area contributed by atoms with Gasteiger partial charge < -0.3 is 14.5 Å². The van der Waals surface area contributed by atoms with Crippen molar-refractivity contribution in [1.29, 1.82) is 0 Å². The molecule has 2 aromatic heterocycles. The number of methoxy groups -OCH3 is 2. The van der Waals surface area contributed by atoms with E-state index in [0.717, 1.165) is 28.3 Å². The van der Waals surface area contributed by atoms with Gasteiger partial charge in [-0.25, -0.2) is 4.98 Å². The Morgan fingerprint density at radius 3 is 2.24 bits per heavy atom. The van der Waals surface area contributed by atoms with Gasteiger partial charge in [0.1, 0.15) is 16.5 Å². The number of carbonyl (C=O) groups excluding carboxylic acids is 1. The summed E-state index contributed by atoms with van der Waals surface area (Å²) in [5, 5.41) is 2.51. The van der Waals surface area contributed by atoms with Gasteiger partial charge in [0, 0.05) is 28.6 Å². The van der Waals surface area contributed by atoms with Crippen LogP contribution in [-0.4, -0.2) is 30.0 Å². The van der Waals surface area contributed by atoms with Crippen molar-refractivity contribution in [3.63, 3.8) is 0 Å². The number of aromatic nitrogens is 2. The first-order valence-corrected chi connectivity index (χ1v) is 11.5. The number of nitrogens with zero attached hydrogens (tertiary/aromatic N) is 1. The highest BCUT2D eigenvalue weighted by molar-refractivity contribution is 7.13. The lowest BCUT2D eigenvalue weighted by Crippen LogP contribution is -2.24. The number of fused-ring (bicyclic) bond motifs is 1. The molecule has 0 amide bonds. The van der Waals surface area contributed by atoms with Crippen LogP contribution >= 0.6 is 11.3 Å². The SMILES string of the molecule is COc1ccc(-c2csc(-c3cc4c([nH]c3=O)CC(c3ccc(OC)cc3)CC4=O)n2)cc1. The summed E-state index contributed by atoms with van der Waals surface area (Å²) in [5.41, 5.74) is 4.24. The zero-order valence-corrected chi connectivity index (χ0v) is 19.1. The quantitative estimate of drug-likeness (QED) is 0.450. The number of Topliss-reactive ketones (excluding diaryl/α,β-unsaturated/α-hetero) is 1. The van der Waals surface area contributed by atoms with Gasteiger partial charge in [0.15, 0.2) is 5.78 Å². The maximum absolute atomic E-state index is 13.0. The van der Waals surface area contributed by atoms with E-state index in [1.165, 1.54) is 11.3 Å². The smallest absolute Gasteiger partial charge is 0.258 e. The molecule has 166 valence electrons. The molecule has 1 aliphatic carbocycles. The van der Waals surface area contributed by atoms with E-state index < -0.39 is 0 Å². The molecule has 0 aliphatic heterocycles. The summed E-state index contributed by atoms with van der Waals surface area (Å²) in [6.45, 7) is 0. The highest BCUT2D eigenvalue weighted by atomic mass is 32.1. The number of pyridine rings is 1. The largest absolute Gasteiger partial charge is 0.497 e. The maximum Gasteiger partial charge on any atom is 0.258 e. The second kappa shape index (κ2) is 8.67. The van der Waals surface area contributed by atoms with Crippen molar-refractivity contribution in [3.8, 4) is 33.3 Å². The first kappa shape index (κ1) is 21.2. The number of H-pyrrole nitrogens is 1. The standard InChI is InChI=1S/C26H22N2O4S/c1-31-18-7-3-15(4-8-18)17-11-22-20(24(29)12-17)13-21(25(30)27-22)26-28-23(14-33-26)16-5-9-19(32-2)10-6-16/h3-10,13-14,17H,11-12H2,1-2H3,(H,27,30). The molecule has 0 spiro atoms. The zero-order valence-electron chi connectivity index (χ0n) is 18.3. The number of thiazole rings is 1. The average molecular weight is 459 g/mol. The summed E-state index contributed by atoms with van der Waals surface area (Å²) in [6, 6.07) is 17.0. The Kier molecular flexibility index (Phi) is 5.56. The molecular formula is C26H22N2O4S. The van der Waals surface area contributed by atoms with Gasteiger partial charge >= 0.3 is 0 Å². The number of rotatable bonds is 5. The number of hydrogen-bond donors (Lipinski definition) is 1. The van der Waals surface area contributed by atoms with E-state index in [9.17, 15) is 9.59 Å². The van der Waals surface area contributed by atoms with Crippen molar-refractivity contribution in [2.75, 3.05) is 14.2 Å². The molecule has 0 fully saturated rings. The minimum Gasteiger partial charge on any atom is -0.497 e. The van der Waals surface area contributed by atoms with Crippen LogP contribution in [0.3, 0.4) is 0 Å². The lowest BCUT2D eigenvalue weighted by molar-refractivity contribution is 0.0963. The number of benzene rings is 2. The summed E-state index contributed by atoms with van der Waals surface area (Å²) in [7, 11) is 3.25. The van der Waals surface area contributed by atoms with E-state index in [1.54, 1.807) is 20.3 Å². The molecular weight excluding hydrogens is 436 g/mol. The zero-order chi connectivity index (χ0) is 22.9. The second-order valence-corrected chi connectivity index (χ2v) is 8.83. The van der Waals surface area contributed by atoms with Crippen molar-refractivity contribution < 1.29 is 14.3 Å². The normalized spacial score (nSPS) is 15.2. The molecule has 1 aliphatic rings. The van der Waals surface area contributed by atoms with Crippen LogP contribution in [-0.2, 0) is 6.42 Å². The summed E-state index contributed by atoms with van der Waals surface area (Å²) in [5.74, 6) is 1.60. The van der Waals surface area contributed by atoms with Gasteiger partial charge in [-0.3, -0.25) is 9.59 Å². The highest BCUT2D eigenvalue weighted by Crippen LogP contribution is 2.34. The lowest BCUT2D eigenvalue weighted by atomic mass is 9.81. The van der Waals surface area contributed by atoms with Gasteiger partial charge in [0.2, 0.25) is 0 Å². The highest BCUT2D eigenvalue weighted by Gasteiger charge is 2.28. The fourth-order valence-electron chi connectivity index (χ4n) is 4.19. The molecule has 7 heteroatoms. The van der Waals surface area contributed by atoms with E-state index in [0.29, 0.717) is 34.7 Å². The Balaban J connectivity index is 1.44. The van der Waals surface area contributed by atoms with Crippen molar-refractivity contribution in [2.45, 2.75) is 18.8 Å². The van der Waals surface area contributed by atoms with E-state index in [1.807, 2.05) is 53.9 Å². The van der Waals surface area contributed by atoms with Crippen LogP contribution in [0.15, 0.2) is 64.8 Å². The third-order valence-corrected chi connectivity index (χ3v) is 6.89. The van der Waals surface area contributed by atoms with E-state index in [4.69, 9.17) is 9.47 Å². The van der Waals surface area contributed by atoms with Crippen molar-refractivity contribution in [1.82, 2.24) is 9.97 Å². The Labute approximate surface area is 194 Å². The second-order valence-electron chi connectivity index (χ2n) is 7.97. The monoisotopic (exact) mass is 458 g/mol. The number of nitrogens with one attached hydrogen (secondary N) is 1. The molecule has 5 rings (SSSR count). The Morgan fingerprint density at radius 1 is 0.909 bits per heavy atom. The van der Waals surface area contributed by atoms with Crippen LogP contribution in [0.25, 0.3) is 21.8 Å². The fourth-order valence-corrected chi connectivity index (χ4v) is 5.03. The Morgan fingerprint density at radius 2 is 1.58 bits per heavy atom. The van der Waals surface area contributed by atoms with Crippen LogP contribution in [0, 0.1) is 0 Å². The fraction of sp³-hybridized carbons (Fsp3) is 0.192. The molecule has 0 radical (unpaired) electrons. The molecule has 0 saturated carbocycles. The van der Waals surface area contributed by atoms with Crippen molar-refractivity contribution in [2.24, 2.45) is 0 Å². The minimum atomic E-state index is -0.229. The van der Waals surface area contributed by atoms with E-state index in [-0.39, 0.29) is 17.3 Å². The molecule has 1 N–H and O–H groups in total. The van der Waals surface area contributed by atoms with E-state index >= 15 is 0 Å². The summed E-state index contributed by atoms with van der Waals surface area (Å²) >= 11 is 1.39. The van der Waals surface area contributed by atoms with Gasteiger partial charge in [0.25, 0.3) is 5.56 Å². The molecule has 0 bridgehead atoms. The molecule has 2 heterocycles. The first-order chi connectivity index (χ1) is 16.1. The third kappa shape index (κ3) is 4.07. The van der Waals surface area contributed by atoms with Gasteiger partial charge in [0.05, 0.1) is 25.5 Å². The molecule has 4 aromatic rings. The molecule has 1 atom stereocenters. The number of hydrogen-bond acceptors (Lipinski definition) is 6. The third-order valence-electron chi connectivity index (χ3n) is 6.01. The topological polar surface area (TPSA) is 81.3 Å². The number of aromatic amines is 1. The maximum atomic E-state index is 13.0. The van der Waals surface area contributed by atoms with Crippen LogP contribution in [0.1, 0.15) is 34.0 Å². The summed E-state index contributed by atoms with van der Waals surface area (Å²) in [6.07, 6.45) is 1.01. The van der Waals surface area contributed by atoms with Crippen LogP contribution in [0.2, 0.25) is 0 Å². The van der Waals surface area contributed by atoms with Crippen molar-refractivity contribution in [3.05, 3.63) is 87.2 Å². The number of carbonyl (C=O) groups is 1. The van der Waals surface area contributed by atoms with Gasteiger partial charge in [-0.2, -0.15) is 0 Å². The molecule has 1 unspecified atom stereocenters. The number of ketones is 1. The molecule has 0 saturated heterocycles. The Bertz CT molecular complexity index is 1370. The Hall–Kier alpha value is -3.71. The van der Waals surface area contributed by atoms with E-state index in [2.05, 4.69) is 9.97 Å². The van der Waals surface area contributed by atoms with Crippen molar-refractivity contribution >= 4 is 17.1 Å². The average Bonchev–Trinajstić information content (AvgIpc) is 3.33. The van der Waals surface area contributed by atoms with Crippen LogP contribution in [0.4, 0.5) is 0 Å². The minimum absolute atomic E-state index is 0.0268. The predicted molar refractivity (Wildman–Crippen MR) is 129 cm³/mol. The van der Waals surface area contributed by atoms with Crippen LogP contribution < -0.4 is 15.0 Å². The van der Waals surface area contributed by atoms with Crippen LogP contribution in [0.5, 0.6) is 11.5 Å². The van der Waals surface area contributed by atoms with Gasteiger partial charge in [-0.1, -0.05) is 12.1 Å².